The van der Waals surface area contributed by atoms with Crippen LogP contribution in [0, 0.1) is 11.8 Å². The molecule has 0 amide bonds. The molecule has 1 rings (SSSR count). The summed E-state index contributed by atoms with van der Waals surface area (Å²) in [5.74, 6) is 2.52. The molecule has 4 nitrogen and oxygen atoms in total. The van der Waals surface area contributed by atoms with Gasteiger partial charge in [0.15, 0.2) is 0 Å². The topological polar surface area (TPSA) is 42.7 Å². The number of aromatic nitrogens is 3. The van der Waals surface area contributed by atoms with Gasteiger partial charge in [-0.2, -0.15) is 5.10 Å². The second-order valence-corrected chi connectivity index (χ2v) is 5.60. The summed E-state index contributed by atoms with van der Waals surface area (Å²) in [6.45, 7) is 12.1. The van der Waals surface area contributed by atoms with Crippen LogP contribution in [0.25, 0.3) is 0 Å². The largest absolute Gasteiger partial charge is 0.316 e. The van der Waals surface area contributed by atoms with Gasteiger partial charge in [-0.25, -0.2) is 4.98 Å². The minimum absolute atomic E-state index is 0.657. The second-order valence-electron chi connectivity index (χ2n) is 5.60. The number of nitrogens with zero attached hydrogens (tertiary/aromatic N) is 3. The van der Waals surface area contributed by atoms with Gasteiger partial charge in [-0.3, -0.25) is 4.68 Å². The summed E-state index contributed by atoms with van der Waals surface area (Å²) < 4.78 is 2.04. The van der Waals surface area contributed by atoms with E-state index in [9.17, 15) is 0 Å². The van der Waals surface area contributed by atoms with Gasteiger partial charge in [-0.15, -0.1) is 0 Å². The van der Waals surface area contributed by atoms with Crippen molar-refractivity contribution in [2.24, 2.45) is 11.8 Å². The summed E-state index contributed by atoms with van der Waals surface area (Å²) in [5.41, 5.74) is 0. The zero-order valence-corrected chi connectivity index (χ0v) is 12.3. The van der Waals surface area contributed by atoms with Crippen molar-refractivity contribution in [1.29, 1.82) is 0 Å². The number of nitrogens with one attached hydrogen (secondary N) is 1. The normalized spacial score (nSPS) is 13.2. The third-order valence-electron chi connectivity index (χ3n) is 3.03. The van der Waals surface area contributed by atoms with Crippen molar-refractivity contribution in [3.05, 3.63) is 12.2 Å². The number of hydrogen-bond donors (Lipinski definition) is 1. The van der Waals surface area contributed by atoms with Gasteiger partial charge in [-0.05, 0) is 37.8 Å². The number of aryl methyl sites for hydroxylation is 1. The van der Waals surface area contributed by atoms with Crippen LogP contribution >= 0.6 is 0 Å². The summed E-state index contributed by atoms with van der Waals surface area (Å²) in [6.07, 6.45) is 5.02. The predicted molar refractivity (Wildman–Crippen MR) is 75.5 cm³/mol. The van der Waals surface area contributed by atoms with Gasteiger partial charge in [0.25, 0.3) is 0 Å². The lowest BCUT2D eigenvalue weighted by atomic mass is 10.0. The van der Waals surface area contributed by atoms with E-state index in [1.54, 1.807) is 6.33 Å². The Balaban J connectivity index is 2.26. The van der Waals surface area contributed by atoms with Crippen molar-refractivity contribution in [3.8, 4) is 0 Å². The Kier molecular flexibility index (Phi) is 6.94. The molecule has 18 heavy (non-hydrogen) atoms. The summed E-state index contributed by atoms with van der Waals surface area (Å²) in [6, 6.07) is 0. The van der Waals surface area contributed by atoms with Crippen LogP contribution in [-0.4, -0.2) is 27.9 Å². The van der Waals surface area contributed by atoms with Crippen LogP contribution in [0.4, 0.5) is 0 Å². The average Bonchev–Trinajstić information content (AvgIpc) is 2.72. The van der Waals surface area contributed by atoms with E-state index in [1.807, 2.05) is 4.68 Å². The van der Waals surface area contributed by atoms with Gasteiger partial charge in [-0.1, -0.05) is 27.7 Å². The molecule has 0 saturated heterocycles. The van der Waals surface area contributed by atoms with Crippen molar-refractivity contribution in [3.63, 3.8) is 0 Å². The molecule has 1 heterocycles. The highest BCUT2D eigenvalue weighted by Crippen LogP contribution is 2.09. The molecule has 0 fully saturated rings. The fourth-order valence-electron chi connectivity index (χ4n) is 2.00. The standard InChI is InChI=1S/C14H28N4/c1-5-8-18-14(16-11-17-18)9-13(4)6-7-15-10-12(2)3/h11-13,15H,5-10H2,1-4H3. The van der Waals surface area contributed by atoms with E-state index >= 15 is 0 Å². The van der Waals surface area contributed by atoms with Gasteiger partial charge in [0.1, 0.15) is 12.2 Å². The van der Waals surface area contributed by atoms with Crippen molar-refractivity contribution >= 4 is 0 Å². The van der Waals surface area contributed by atoms with Crippen LogP contribution < -0.4 is 5.32 Å². The highest BCUT2D eigenvalue weighted by Gasteiger charge is 2.09. The molecule has 1 atom stereocenters. The van der Waals surface area contributed by atoms with E-state index in [2.05, 4.69) is 43.1 Å². The summed E-state index contributed by atoms with van der Waals surface area (Å²) in [5, 5.41) is 7.76. The van der Waals surface area contributed by atoms with Crippen LogP contribution in [0.3, 0.4) is 0 Å². The van der Waals surface area contributed by atoms with Gasteiger partial charge < -0.3 is 5.32 Å². The lowest BCUT2D eigenvalue weighted by Crippen LogP contribution is -2.23. The van der Waals surface area contributed by atoms with Crippen LogP contribution in [-0.2, 0) is 13.0 Å². The molecule has 1 aromatic rings. The molecule has 0 aliphatic rings. The van der Waals surface area contributed by atoms with Crippen molar-refractivity contribution in [2.75, 3.05) is 13.1 Å². The molecule has 1 aromatic heterocycles. The molecule has 0 spiro atoms. The Hall–Kier alpha value is -0.900. The van der Waals surface area contributed by atoms with Crippen LogP contribution in [0.1, 0.15) is 46.4 Å². The third kappa shape index (κ3) is 5.63. The molecule has 0 aliphatic heterocycles. The predicted octanol–water partition coefficient (Wildman–Crippen LogP) is 2.50. The molecule has 0 radical (unpaired) electrons. The third-order valence-corrected chi connectivity index (χ3v) is 3.03. The first-order valence-corrected chi connectivity index (χ1v) is 7.20. The monoisotopic (exact) mass is 252 g/mol. The fourth-order valence-corrected chi connectivity index (χ4v) is 2.00. The maximum absolute atomic E-state index is 4.36. The number of rotatable bonds is 9. The van der Waals surface area contributed by atoms with Gasteiger partial charge in [0, 0.05) is 13.0 Å². The van der Waals surface area contributed by atoms with E-state index in [-0.39, 0.29) is 0 Å². The van der Waals surface area contributed by atoms with Gasteiger partial charge in [0.2, 0.25) is 0 Å². The van der Waals surface area contributed by atoms with E-state index in [4.69, 9.17) is 0 Å². The summed E-state index contributed by atoms with van der Waals surface area (Å²) in [7, 11) is 0. The maximum atomic E-state index is 4.36. The molecule has 4 heteroatoms. The molecule has 0 bridgehead atoms. The van der Waals surface area contributed by atoms with Crippen molar-refractivity contribution < 1.29 is 0 Å². The Bertz CT molecular complexity index is 319. The maximum Gasteiger partial charge on any atom is 0.138 e. The Labute approximate surface area is 111 Å². The minimum atomic E-state index is 0.657. The second kappa shape index (κ2) is 8.25. The minimum Gasteiger partial charge on any atom is -0.316 e. The van der Waals surface area contributed by atoms with Crippen molar-refractivity contribution in [1.82, 2.24) is 20.1 Å². The Morgan fingerprint density at radius 2 is 2.11 bits per heavy atom. The fraction of sp³-hybridized carbons (Fsp3) is 0.857. The molecule has 0 aromatic carbocycles. The lowest BCUT2D eigenvalue weighted by Gasteiger charge is -2.13. The van der Waals surface area contributed by atoms with E-state index in [1.165, 1.54) is 6.42 Å². The molecule has 0 aliphatic carbocycles. The van der Waals surface area contributed by atoms with E-state index in [0.29, 0.717) is 5.92 Å². The molecular formula is C14H28N4. The molecule has 1 unspecified atom stereocenters. The van der Waals surface area contributed by atoms with E-state index < -0.39 is 0 Å². The van der Waals surface area contributed by atoms with E-state index in [0.717, 1.165) is 44.2 Å². The molecule has 0 saturated carbocycles. The highest BCUT2D eigenvalue weighted by molar-refractivity contribution is 4.86. The smallest absolute Gasteiger partial charge is 0.138 e. The zero-order valence-electron chi connectivity index (χ0n) is 12.3. The van der Waals surface area contributed by atoms with Gasteiger partial charge in [0.05, 0.1) is 0 Å². The van der Waals surface area contributed by atoms with Crippen LogP contribution in [0.15, 0.2) is 6.33 Å². The first kappa shape index (κ1) is 15.2. The lowest BCUT2D eigenvalue weighted by molar-refractivity contribution is 0.452. The molecular weight excluding hydrogens is 224 g/mol. The molecule has 104 valence electrons. The Morgan fingerprint density at radius 3 is 2.78 bits per heavy atom. The first-order chi connectivity index (χ1) is 8.63. The van der Waals surface area contributed by atoms with Crippen LogP contribution in [0.5, 0.6) is 0 Å². The summed E-state index contributed by atoms with van der Waals surface area (Å²) in [4.78, 5) is 4.36. The van der Waals surface area contributed by atoms with Crippen LogP contribution in [0.2, 0.25) is 0 Å². The summed E-state index contributed by atoms with van der Waals surface area (Å²) >= 11 is 0. The Morgan fingerprint density at radius 1 is 1.33 bits per heavy atom. The SMILES string of the molecule is CCCn1ncnc1CC(C)CCNCC(C)C. The highest BCUT2D eigenvalue weighted by atomic mass is 15.3. The quantitative estimate of drug-likeness (QED) is 0.687. The van der Waals surface area contributed by atoms with Crippen molar-refractivity contribution in [2.45, 2.75) is 53.5 Å². The number of hydrogen-bond acceptors (Lipinski definition) is 3. The first-order valence-electron chi connectivity index (χ1n) is 7.20. The average molecular weight is 252 g/mol. The zero-order chi connectivity index (χ0) is 13.4. The molecule has 1 N–H and O–H groups in total. The van der Waals surface area contributed by atoms with Gasteiger partial charge >= 0.3 is 0 Å².